The third-order valence-corrected chi connectivity index (χ3v) is 6.27. The van der Waals surface area contributed by atoms with E-state index in [0.717, 1.165) is 24.2 Å². The Morgan fingerprint density at radius 3 is 2.38 bits per heavy atom. The lowest BCUT2D eigenvalue weighted by molar-refractivity contribution is -0.152. The summed E-state index contributed by atoms with van der Waals surface area (Å²) in [5.41, 5.74) is 4.44. The van der Waals surface area contributed by atoms with Crippen molar-refractivity contribution < 1.29 is 9.59 Å². The van der Waals surface area contributed by atoms with Crippen molar-refractivity contribution in [3.63, 3.8) is 0 Å². The van der Waals surface area contributed by atoms with Crippen LogP contribution < -0.4 is 5.32 Å². The van der Waals surface area contributed by atoms with Crippen LogP contribution in [0.4, 0.5) is 0 Å². The van der Waals surface area contributed by atoms with Crippen LogP contribution >= 0.6 is 0 Å². The van der Waals surface area contributed by atoms with Crippen molar-refractivity contribution in [1.29, 1.82) is 0 Å². The lowest BCUT2D eigenvalue weighted by Gasteiger charge is -2.41. The van der Waals surface area contributed by atoms with E-state index in [4.69, 9.17) is 0 Å². The van der Waals surface area contributed by atoms with Gasteiger partial charge in [0, 0.05) is 12.7 Å². The van der Waals surface area contributed by atoms with Gasteiger partial charge < -0.3 is 10.2 Å². The molecule has 2 amide bonds. The Balaban J connectivity index is 1.60. The molecule has 1 N–H and O–H groups in total. The predicted molar refractivity (Wildman–Crippen MR) is 111 cm³/mol. The Kier molecular flexibility index (Phi) is 5.19. The van der Waals surface area contributed by atoms with Gasteiger partial charge in [0.15, 0.2) is 0 Å². The number of carbonyl (C=O) groups is 2. The summed E-state index contributed by atoms with van der Waals surface area (Å²) in [6.07, 6.45) is 2.32. The summed E-state index contributed by atoms with van der Waals surface area (Å²) in [5.74, 6) is 0.416. The highest BCUT2D eigenvalue weighted by Gasteiger charge is 2.45. The number of aromatic nitrogens is 2. The van der Waals surface area contributed by atoms with E-state index in [1.54, 1.807) is 4.90 Å². The first-order valence-corrected chi connectivity index (χ1v) is 10.5. The highest BCUT2D eigenvalue weighted by Crippen LogP contribution is 2.32. The van der Waals surface area contributed by atoms with Gasteiger partial charge in [-0.1, -0.05) is 38.1 Å². The third kappa shape index (κ3) is 3.80. The van der Waals surface area contributed by atoms with Crippen LogP contribution in [0, 0.1) is 18.8 Å². The number of nitrogens with one attached hydrogen (secondary N) is 1. The minimum Gasteiger partial charge on any atom is -0.342 e. The van der Waals surface area contributed by atoms with Crippen LogP contribution in [-0.4, -0.2) is 38.6 Å². The Labute approximate surface area is 172 Å². The summed E-state index contributed by atoms with van der Waals surface area (Å²) >= 11 is 0. The Morgan fingerprint density at radius 1 is 1.17 bits per heavy atom. The molecule has 1 aliphatic carbocycles. The number of amides is 2. The first-order valence-electron chi connectivity index (χ1n) is 10.5. The van der Waals surface area contributed by atoms with E-state index in [2.05, 4.69) is 36.4 Å². The summed E-state index contributed by atoms with van der Waals surface area (Å²) in [6, 6.07) is 9.41. The van der Waals surface area contributed by atoms with E-state index in [-0.39, 0.29) is 17.7 Å². The molecule has 2 heterocycles. The summed E-state index contributed by atoms with van der Waals surface area (Å²) in [4.78, 5) is 28.4. The van der Waals surface area contributed by atoms with Crippen molar-refractivity contribution in [2.24, 2.45) is 18.9 Å². The molecule has 0 bridgehead atoms. The molecule has 0 spiro atoms. The van der Waals surface area contributed by atoms with Gasteiger partial charge in [-0.05, 0) is 55.2 Å². The van der Waals surface area contributed by atoms with Gasteiger partial charge in [0.05, 0.1) is 12.2 Å². The van der Waals surface area contributed by atoms with E-state index < -0.39 is 12.1 Å². The number of fused-ring (bicyclic) bond motifs is 1. The van der Waals surface area contributed by atoms with Crippen molar-refractivity contribution in [3.05, 3.63) is 52.8 Å². The minimum absolute atomic E-state index is 0.0244. The number of nitrogens with zero attached hydrogens (tertiary/aromatic N) is 3. The van der Waals surface area contributed by atoms with Gasteiger partial charge in [-0.15, -0.1) is 0 Å². The fourth-order valence-corrected chi connectivity index (χ4v) is 4.69. The second-order valence-corrected chi connectivity index (χ2v) is 8.94. The molecular weight excluding hydrogens is 364 g/mol. The molecule has 6 heteroatoms. The number of benzene rings is 1. The first kappa shape index (κ1) is 19.7. The molecule has 2 aromatic rings. The van der Waals surface area contributed by atoms with Crippen molar-refractivity contribution in [3.8, 4) is 0 Å². The molecule has 1 fully saturated rings. The van der Waals surface area contributed by atoms with Crippen LogP contribution in [0.5, 0.6) is 0 Å². The number of hydrogen-bond donors (Lipinski definition) is 1. The molecule has 6 nitrogen and oxygen atoms in total. The summed E-state index contributed by atoms with van der Waals surface area (Å²) in [7, 11) is 1.90. The standard InChI is InChI=1S/C23H30N4O2/c1-14(2)9-20-22(28)24-21(18-11-16-7-5-6-8-17(16)12-18)23(29)27(20)13-19-10-15(3)26(4)25-19/h5-8,10,14,18,20-21H,9,11-13H2,1-4H3,(H,24,28)/t20-,21-/m1/s1. The van der Waals surface area contributed by atoms with Gasteiger partial charge in [-0.2, -0.15) is 5.10 Å². The first-order chi connectivity index (χ1) is 13.8. The van der Waals surface area contributed by atoms with Gasteiger partial charge in [-0.3, -0.25) is 14.3 Å². The van der Waals surface area contributed by atoms with E-state index in [1.165, 1.54) is 11.1 Å². The zero-order chi connectivity index (χ0) is 20.7. The molecule has 4 rings (SSSR count). The highest BCUT2D eigenvalue weighted by atomic mass is 16.2. The van der Waals surface area contributed by atoms with E-state index >= 15 is 0 Å². The maximum absolute atomic E-state index is 13.6. The van der Waals surface area contributed by atoms with Crippen molar-refractivity contribution in [2.45, 2.75) is 58.7 Å². The van der Waals surface area contributed by atoms with Crippen LogP contribution in [0.1, 0.15) is 42.8 Å². The lowest BCUT2D eigenvalue weighted by Crippen LogP contribution is -2.65. The van der Waals surface area contributed by atoms with E-state index in [9.17, 15) is 9.59 Å². The van der Waals surface area contributed by atoms with Crippen molar-refractivity contribution >= 4 is 11.8 Å². The zero-order valence-corrected chi connectivity index (χ0v) is 17.7. The molecule has 0 saturated carbocycles. The van der Waals surface area contributed by atoms with Gasteiger partial charge in [0.2, 0.25) is 11.8 Å². The average molecular weight is 395 g/mol. The normalized spacial score (nSPS) is 22.3. The van der Waals surface area contributed by atoms with Crippen LogP contribution in [-0.2, 0) is 36.0 Å². The lowest BCUT2D eigenvalue weighted by atomic mass is 9.90. The maximum atomic E-state index is 13.6. The topological polar surface area (TPSA) is 67.2 Å². The van der Waals surface area contributed by atoms with Crippen LogP contribution in [0.3, 0.4) is 0 Å². The molecule has 154 valence electrons. The van der Waals surface area contributed by atoms with Crippen LogP contribution in [0.2, 0.25) is 0 Å². The average Bonchev–Trinajstić information content (AvgIpc) is 3.23. The molecule has 1 saturated heterocycles. The minimum atomic E-state index is -0.469. The maximum Gasteiger partial charge on any atom is 0.246 e. The Morgan fingerprint density at radius 2 is 1.83 bits per heavy atom. The molecule has 1 aromatic heterocycles. The van der Waals surface area contributed by atoms with Gasteiger partial charge in [-0.25, -0.2) is 0 Å². The number of piperazine rings is 1. The third-order valence-electron chi connectivity index (χ3n) is 6.27. The summed E-state index contributed by atoms with van der Waals surface area (Å²) < 4.78 is 1.81. The SMILES string of the molecule is Cc1cc(CN2C(=O)[C@@H](C3Cc4ccccc4C3)NC(=O)[C@H]2CC(C)C)nn1C. The van der Waals surface area contributed by atoms with E-state index in [1.807, 2.05) is 36.9 Å². The van der Waals surface area contributed by atoms with Crippen molar-refractivity contribution in [2.75, 3.05) is 0 Å². The molecule has 2 aliphatic rings. The monoisotopic (exact) mass is 394 g/mol. The van der Waals surface area contributed by atoms with Gasteiger partial charge in [0.25, 0.3) is 0 Å². The molecule has 0 radical (unpaired) electrons. The van der Waals surface area contributed by atoms with E-state index in [0.29, 0.717) is 18.9 Å². The highest BCUT2D eigenvalue weighted by molar-refractivity contribution is 5.97. The number of aryl methyl sites for hydroxylation is 2. The predicted octanol–water partition coefficient (Wildman–Crippen LogP) is 2.39. The van der Waals surface area contributed by atoms with Gasteiger partial charge >= 0.3 is 0 Å². The fourth-order valence-electron chi connectivity index (χ4n) is 4.69. The number of hydrogen-bond acceptors (Lipinski definition) is 3. The number of rotatable bonds is 5. The molecule has 0 unspecified atom stereocenters. The molecule has 29 heavy (non-hydrogen) atoms. The zero-order valence-electron chi connectivity index (χ0n) is 17.7. The summed E-state index contributed by atoms with van der Waals surface area (Å²) in [6.45, 7) is 6.54. The molecule has 2 atom stereocenters. The number of carbonyl (C=O) groups excluding carboxylic acids is 2. The van der Waals surface area contributed by atoms with Gasteiger partial charge in [0.1, 0.15) is 12.1 Å². The largest absolute Gasteiger partial charge is 0.342 e. The Hall–Kier alpha value is -2.63. The molecule has 1 aromatic carbocycles. The van der Waals surface area contributed by atoms with Crippen molar-refractivity contribution in [1.82, 2.24) is 20.0 Å². The fraction of sp³-hybridized carbons (Fsp3) is 0.522. The quantitative estimate of drug-likeness (QED) is 0.847. The van der Waals surface area contributed by atoms with Crippen LogP contribution in [0.15, 0.2) is 30.3 Å². The Bertz CT molecular complexity index is 888. The molecular formula is C23H30N4O2. The second kappa shape index (κ2) is 7.65. The van der Waals surface area contributed by atoms with Crippen LogP contribution in [0.25, 0.3) is 0 Å². The molecule has 1 aliphatic heterocycles. The smallest absolute Gasteiger partial charge is 0.246 e. The second-order valence-electron chi connectivity index (χ2n) is 8.94. The summed E-state index contributed by atoms with van der Waals surface area (Å²) in [5, 5.41) is 7.60.